The second-order valence-corrected chi connectivity index (χ2v) is 5.65. The Morgan fingerprint density at radius 1 is 0.875 bits per heavy atom. The van der Waals surface area contributed by atoms with Crippen molar-refractivity contribution < 1.29 is 0 Å². The highest BCUT2D eigenvalue weighted by Gasteiger charge is 2.14. The van der Waals surface area contributed by atoms with Crippen molar-refractivity contribution in [2.24, 2.45) is 5.92 Å². The Balaban J connectivity index is 1.84. The number of nitrogens with zero attached hydrogens (tertiary/aromatic N) is 1. The molecule has 96 valence electrons. The quantitative estimate of drug-likeness (QED) is 0.551. The lowest BCUT2D eigenvalue weighted by Crippen LogP contribution is -2.33. The zero-order valence-corrected chi connectivity index (χ0v) is 11.5. The number of hydrogen-bond acceptors (Lipinski definition) is 1. The van der Waals surface area contributed by atoms with Gasteiger partial charge in [-0.2, -0.15) is 0 Å². The van der Waals surface area contributed by atoms with Gasteiger partial charge in [0, 0.05) is 0 Å². The van der Waals surface area contributed by atoms with Crippen molar-refractivity contribution in [2.45, 2.75) is 71.6 Å². The largest absolute Gasteiger partial charge is 0.303 e. The molecular formula is C15H31N. The third-order valence-electron chi connectivity index (χ3n) is 3.95. The Labute approximate surface area is 103 Å². The Kier molecular flexibility index (Phi) is 7.92. The number of likely N-dealkylation sites (tertiary alicyclic amines) is 1. The fourth-order valence-electron chi connectivity index (χ4n) is 2.58. The van der Waals surface area contributed by atoms with Gasteiger partial charge in [-0.1, -0.05) is 52.4 Å². The average molecular weight is 225 g/mol. The molecule has 1 heterocycles. The number of unbranched alkanes of at least 4 members (excludes halogenated alkanes) is 6. The molecule has 0 saturated carbocycles. The molecule has 1 aliphatic rings. The molecule has 0 bridgehead atoms. The molecule has 0 aromatic carbocycles. The van der Waals surface area contributed by atoms with Gasteiger partial charge in [0.05, 0.1) is 0 Å². The first-order valence-electron chi connectivity index (χ1n) is 7.55. The summed E-state index contributed by atoms with van der Waals surface area (Å²) in [4.78, 5) is 2.67. The van der Waals surface area contributed by atoms with Crippen LogP contribution in [0.1, 0.15) is 71.6 Å². The molecule has 1 aliphatic heterocycles. The zero-order chi connectivity index (χ0) is 11.6. The summed E-state index contributed by atoms with van der Waals surface area (Å²) in [7, 11) is 0. The monoisotopic (exact) mass is 225 g/mol. The van der Waals surface area contributed by atoms with Crippen LogP contribution in [0.25, 0.3) is 0 Å². The minimum absolute atomic E-state index is 0.977. The van der Waals surface area contributed by atoms with Gasteiger partial charge >= 0.3 is 0 Å². The molecular weight excluding hydrogens is 194 g/mol. The Bertz CT molecular complexity index is 148. The third-order valence-corrected chi connectivity index (χ3v) is 3.95. The van der Waals surface area contributed by atoms with E-state index in [0.29, 0.717) is 0 Å². The van der Waals surface area contributed by atoms with Crippen LogP contribution < -0.4 is 0 Å². The van der Waals surface area contributed by atoms with Gasteiger partial charge in [-0.25, -0.2) is 0 Å². The van der Waals surface area contributed by atoms with Gasteiger partial charge in [0.25, 0.3) is 0 Å². The smallest absolute Gasteiger partial charge is 0.00162 e. The Morgan fingerprint density at radius 3 is 2.06 bits per heavy atom. The summed E-state index contributed by atoms with van der Waals surface area (Å²) in [6.07, 6.45) is 12.9. The maximum Gasteiger partial charge on any atom is -0.00162 e. The number of hydrogen-bond donors (Lipinski definition) is 0. The topological polar surface area (TPSA) is 3.24 Å². The summed E-state index contributed by atoms with van der Waals surface area (Å²) in [5.74, 6) is 0.977. The van der Waals surface area contributed by atoms with Crippen LogP contribution in [-0.2, 0) is 0 Å². The predicted octanol–water partition coefficient (Wildman–Crippen LogP) is 4.47. The molecule has 1 heteroatoms. The molecule has 0 amide bonds. The van der Waals surface area contributed by atoms with E-state index in [4.69, 9.17) is 0 Å². The Morgan fingerprint density at radius 2 is 1.44 bits per heavy atom. The average Bonchev–Trinajstić information content (AvgIpc) is 2.30. The molecule has 0 aromatic heterocycles. The summed E-state index contributed by atoms with van der Waals surface area (Å²) in [6.45, 7) is 8.76. The molecule has 0 N–H and O–H groups in total. The van der Waals surface area contributed by atoms with Crippen molar-refractivity contribution in [1.29, 1.82) is 0 Å². The molecule has 1 fully saturated rings. The van der Waals surface area contributed by atoms with Crippen LogP contribution >= 0.6 is 0 Å². The van der Waals surface area contributed by atoms with E-state index in [1.807, 2.05) is 0 Å². The Hall–Kier alpha value is -0.0400. The third kappa shape index (κ3) is 6.52. The SMILES string of the molecule is CCCCCCCCCN1CCC(C)CC1. The van der Waals surface area contributed by atoms with Crippen LogP contribution in [0.2, 0.25) is 0 Å². The molecule has 0 radical (unpaired) electrons. The fourth-order valence-corrected chi connectivity index (χ4v) is 2.58. The number of rotatable bonds is 8. The molecule has 1 nitrogen and oxygen atoms in total. The van der Waals surface area contributed by atoms with E-state index in [-0.39, 0.29) is 0 Å². The first kappa shape index (κ1) is 14.0. The second-order valence-electron chi connectivity index (χ2n) is 5.65. The van der Waals surface area contributed by atoms with Gasteiger partial charge in [0.2, 0.25) is 0 Å². The van der Waals surface area contributed by atoms with Crippen LogP contribution in [-0.4, -0.2) is 24.5 Å². The van der Waals surface area contributed by atoms with Crippen molar-refractivity contribution in [3.05, 3.63) is 0 Å². The van der Waals surface area contributed by atoms with Crippen LogP contribution in [0, 0.1) is 5.92 Å². The van der Waals surface area contributed by atoms with E-state index < -0.39 is 0 Å². The van der Waals surface area contributed by atoms with E-state index in [1.54, 1.807) is 0 Å². The fraction of sp³-hybridized carbons (Fsp3) is 1.00. The van der Waals surface area contributed by atoms with Crippen LogP contribution in [0.4, 0.5) is 0 Å². The van der Waals surface area contributed by atoms with E-state index in [9.17, 15) is 0 Å². The highest BCUT2D eigenvalue weighted by Crippen LogP contribution is 2.16. The molecule has 1 rings (SSSR count). The molecule has 1 saturated heterocycles. The van der Waals surface area contributed by atoms with Gasteiger partial charge in [0.15, 0.2) is 0 Å². The maximum absolute atomic E-state index is 2.67. The van der Waals surface area contributed by atoms with Crippen molar-refractivity contribution in [2.75, 3.05) is 19.6 Å². The minimum atomic E-state index is 0.977. The lowest BCUT2D eigenvalue weighted by Gasteiger charge is -2.30. The van der Waals surface area contributed by atoms with Gasteiger partial charge in [-0.15, -0.1) is 0 Å². The lowest BCUT2D eigenvalue weighted by atomic mass is 9.99. The highest BCUT2D eigenvalue weighted by molar-refractivity contribution is 4.69. The first-order chi connectivity index (χ1) is 7.83. The predicted molar refractivity (Wildman–Crippen MR) is 72.8 cm³/mol. The van der Waals surface area contributed by atoms with E-state index >= 15 is 0 Å². The van der Waals surface area contributed by atoms with Crippen LogP contribution in [0.3, 0.4) is 0 Å². The normalized spacial score (nSPS) is 19.1. The standard InChI is InChI=1S/C15H31N/c1-3-4-5-6-7-8-9-12-16-13-10-15(2)11-14-16/h15H,3-14H2,1-2H3. The maximum atomic E-state index is 2.67. The summed E-state index contributed by atoms with van der Waals surface area (Å²) in [5.41, 5.74) is 0. The van der Waals surface area contributed by atoms with E-state index in [0.717, 1.165) is 5.92 Å². The molecule has 16 heavy (non-hydrogen) atoms. The molecule has 0 aromatic rings. The van der Waals surface area contributed by atoms with Crippen LogP contribution in [0.5, 0.6) is 0 Å². The van der Waals surface area contributed by atoms with E-state index in [2.05, 4.69) is 18.7 Å². The molecule has 0 spiro atoms. The minimum Gasteiger partial charge on any atom is -0.303 e. The summed E-state index contributed by atoms with van der Waals surface area (Å²) in [6, 6.07) is 0. The summed E-state index contributed by atoms with van der Waals surface area (Å²) in [5, 5.41) is 0. The van der Waals surface area contributed by atoms with Gasteiger partial charge in [0.1, 0.15) is 0 Å². The van der Waals surface area contributed by atoms with Crippen molar-refractivity contribution in [3.8, 4) is 0 Å². The van der Waals surface area contributed by atoms with Crippen LogP contribution in [0.15, 0.2) is 0 Å². The van der Waals surface area contributed by atoms with Gasteiger partial charge < -0.3 is 4.90 Å². The van der Waals surface area contributed by atoms with E-state index in [1.165, 1.54) is 77.4 Å². The highest BCUT2D eigenvalue weighted by atomic mass is 15.1. The zero-order valence-electron chi connectivity index (χ0n) is 11.5. The van der Waals surface area contributed by atoms with Crippen molar-refractivity contribution in [3.63, 3.8) is 0 Å². The van der Waals surface area contributed by atoms with Crippen molar-refractivity contribution in [1.82, 2.24) is 4.90 Å². The number of piperidine rings is 1. The molecule has 0 unspecified atom stereocenters. The molecule has 0 atom stereocenters. The lowest BCUT2D eigenvalue weighted by molar-refractivity contribution is 0.189. The second kappa shape index (κ2) is 9.04. The van der Waals surface area contributed by atoms with Crippen molar-refractivity contribution >= 4 is 0 Å². The first-order valence-corrected chi connectivity index (χ1v) is 7.55. The van der Waals surface area contributed by atoms with Gasteiger partial charge in [-0.05, 0) is 44.8 Å². The summed E-state index contributed by atoms with van der Waals surface area (Å²) < 4.78 is 0. The molecule has 0 aliphatic carbocycles. The summed E-state index contributed by atoms with van der Waals surface area (Å²) >= 11 is 0. The van der Waals surface area contributed by atoms with Gasteiger partial charge in [-0.3, -0.25) is 0 Å².